The molecule has 0 bridgehead atoms. The minimum absolute atomic E-state index is 0.00000740. The highest BCUT2D eigenvalue weighted by Gasteiger charge is 2.31. The van der Waals surface area contributed by atoms with Gasteiger partial charge >= 0.3 is 0 Å². The highest BCUT2D eigenvalue weighted by atomic mass is 35.5. The summed E-state index contributed by atoms with van der Waals surface area (Å²) in [5.41, 5.74) is 0.785. The van der Waals surface area contributed by atoms with Crippen LogP contribution in [0.2, 0.25) is 5.02 Å². The molecule has 10 nitrogen and oxygen atoms in total. The van der Waals surface area contributed by atoms with Crippen LogP contribution in [0.5, 0.6) is 0 Å². The van der Waals surface area contributed by atoms with Gasteiger partial charge in [-0.1, -0.05) is 36.7 Å². The highest BCUT2D eigenvalue weighted by molar-refractivity contribution is 7.92. The molecule has 0 saturated carbocycles. The van der Waals surface area contributed by atoms with Crippen molar-refractivity contribution in [3.05, 3.63) is 68.7 Å². The molecule has 1 N–H and O–H groups in total. The first-order valence-corrected chi connectivity index (χ1v) is 13.5. The van der Waals surface area contributed by atoms with E-state index >= 15 is 0 Å². The Morgan fingerprint density at radius 3 is 2.39 bits per heavy atom. The van der Waals surface area contributed by atoms with Crippen LogP contribution in [0.1, 0.15) is 38.3 Å². The number of halogens is 1. The number of anilines is 1. The second kappa shape index (κ2) is 12.2. The van der Waals surface area contributed by atoms with Crippen LogP contribution in [0.25, 0.3) is 0 Å². The molecule has 0 saturated heterocycles. The molecule has 0 aliphatic carbocycles. The summed E-state index contributed by atoms with van der Waals surface area (Å²) in [6.45, 7) is 6.25. The lowest BCUT2D eigenvalue weighted by Crippen LogP contribution is -2.52. The summed E-state index contributed by atoms with van der Waals surface area (Å²) in [7, 11) is -4.02. The van der Waals surface area contributed by atoms with Gasteiger partial charge in [-0.15, -0.1) is 0 Å². The van der Waals surface area contributed by atoms with Gasteiger partial charge in [0.25, 0.3) is 5.69 Å². The first kappa shape index (κ1) is 29.1. The van der Waals surface area contributed by atoms with Gasteiger partial charge in [0.05, 0.1) is 16.9 Å². The van der Waals surface area contributed by atoms with Crippen molar-refractivity contribution in [3.8, 4) is 0 Å². The number of hydrogen-bond acceptors (Lipinski definition) is 6. The molecule has 0 aliphatic heterocycles. The Bertz CT molecular complexity index is 1240. The van der Waals surface area contributed by atoms with E-state index in [2.05, 4.69) is 5.32 Å². The second-order valence-electron chi connectivity index (χ2n) is 8.64. The Morgan fingerprint density at radius 2 is 1.83 bits per heavy atom. The van der Waals surface area contributed by atoms with Crippen LogP contribution < -0.4 is 9.62 Å². The van der Waals surface area contributed by atoms with E-state index in [1.165, 1.54) is 17.0 Å². The van der Waals surface area contributed by atoms with Crippen molar-refractivity contribution in [2.75, 3.05) is 17.1 Å². The van der Waals surface area contributed by atoms with E-state index in [0.717, 1.165) is 16.6 Å². The largest absolute Gasteiger partial charge is 0.352 e. The smallest absolute Gasteiger partial charge is 0.271 e. The number of non-ortho nitro benzene ring substituents is 1. The fraction of sp³-hybridized carbons (Fsp3) is 0.417. The Labute approximate surface area is 216 Å². The zero-order valence-electron chi connectivity index (χ0n) is 20.9. The molecule has 196 valence electrons. The van der Waals surface area contributed by atoms with E-state index in [0.29, 0.717) is 22.6 Å². The Kier molecular flexibility index (Phi) is 9.83. The quantitative estimate of drug-likeness (QED) is 0.343. The lowest BCUT2D eigenvalue weighted by atomic mass is 10.1. The average Bonchev–Trinajstić information content (AvgIpc) is 2.80. The van der Waals surface area contributed by atoms with Crippen molar-refractivity contribution >= 4 is 44.8 Å². The van der Waals surface area contributed by atoms with E-state index in [9.17, 15) is 28.1 Å². The first-order valence-electron chi connectivity index (χ1n) is 11.3. The highest BCUT2D eigenvalue weighted by Crippen LogP contribution is 2.28. The van der Waals surface area contributed by atoms with E-state index in [1.54, 1.807) is 38.1 Å². The number of carbonyl (C=O) groups excluding carboxylic acids is 2. The van der Waals surface area contributed by atoms with Crippen LogP contribution in [0, 0.1) is 17.0 Å². The number of carbonyl (C=O) groups is 2. The molecule has 2 aromatic rings. The minimum atomic E-state index is -4.02. The van der Waals surface area contributed by atoms with Gasteiger partial charge in [-0.2, -0.15) is 0 Å². The number of sulfonamides is 1. The number of amides is 2. The van der Waals surface area contributed by atoms with Crippen molar-refractivity contribution in [3.63, 3.8) is 0 Å². The van der Waals surface area contributed by atoms with Gasteiger partial charge in [-0.25, -0.2) is 8.42 Å². The third-order valence-corrected chi connectivity index (χ3v) is 7.12. The van der Waals surface area contributed by atoms with Gasteiger partial charge in [0, 0.05) is 29.7 Å². The molecular formula is C24H31ClN4O6S. The maximum absolute atomic E-state index is 13.6. The number of nitrogens with one attached hydrogen (secondary N) is 1. The van der Waals surface area contributed by atoms with Crippen molar-refractivity contribution < 1.29 is 22.9 Å². The summed E-state index contributed by atoms with van der Waals surface area (Å²) < 4.78 is 26.2. The standard InChI is InChI=1S/C24H31ClN4O6S/c1-6-17(3)26-24(31)18(4)27(14-19-8-7-9-20(25)12-19)23(30)15-28(36(5,34)35)22-13-21(29(32)33)11-10-16(22)2/h7-13,17-18H,6,14-15H2,1-5H3,(H,26,31)/t17-,18-/m1/s1. The van der Waals surface area contributed by atoms with E-state index < -0.39 is 39.3 Å². The van der Waals surface area contributed by atoms with Crippen molar-refractivity contribution in [2.24, 2.45) is 0 Å². The summed E-state index contributed by atoms with van der Waals surface area (Å²) in [5, 5.41) is 14.6. The maximum Gasteiger partial charge on any atom is 0.271 e. The molecule has 0 aromatic heterocycles. The topological polar surface area (TPSA) is 130 Å². The molecule has 0 aliphatic rings. The fourth-order valence-electron chi connectivity index (χ4n) is 3.45. The molecule has 0 fully saturated rings. The van der Waals surface area contributed by atoms with Gasteiger partial charge < -0.3 is 10.2 Å². The Hall–Kier alpha value is -3.18. The molecule has 2 rings (SSSR count). The van der Waals surface area contributed by atoms with Crippen LogP contribution in [0.3, 0.4) is 0 Å². The third-order valence-electron chi connectivity index (χ3n) is 5.76. The van der Waals surface area contributed by atoms with Crippen molar-refractivity contribution in [2.45, 2.75) is 52.7 Å². The minimum Gasteiger partial charge on any atom is -0.352 e. The van der Waals surface area contributed by atoms with Gasteiger partial charge in [-0.3, -0.25) is 24.0 Å². The molecule has 0 heterocycles. The number of hydrogen-bond donors (Lipinski definition) is 1. The summed E-state index contributed by atoms with van der Waals surface area (Å²) in [6, 6.07) is 9.51. The number of benzene rings is 2. The van der Waals surface area contributed by atoms with E-state index in [-0.39, 0.29) is 24.0 Å². The lowest BCUT2D eigenvalue weighted by Gasteiger charge is -2.32. The summed E-state index contributed by atoms with van der Waals surface area (Å²) in [5.74, 6) is -1.05. The number of rotatable bonds is 11. The Morgan fingerprint density at radius 1 is 1.17 bits per heavy atom. The monoisotopic (exact) mass is 538 g/mol. The van der Waals surface area contributed by atoms with Crippen LogP contribution >= 0.6 is 11.6 Å². The van der Waals surface area contributed by atoms with Crippen molar-refractivity contribution in [1.82, 2.24) is 10.2 Å². The van der Waals surface area contributed by atoms with Crippen LogP contribution in [0.15, 0.2) is 42.5 Å². The summed E-state index contributed by atoms with van der Waals surface area (Å²) >= 11 is 6.09. The lowest BCUT2D eigenvalue weighted by molar-refractivity contribution is -0.384. The molecule has 0 radical (unpaired) electrons. The zero-order valence-corrected chi connectivity index (χ0v) is 22.5. The average molecular weight is 539 g/mol. The molecule has 0 spiro atoms. The van der Waals surface area contributed by atoms with Gasteiger partial charge in [-0.05, 0) is 50.5 Å². The van der Waals surface area contributed by atoms with E-state index in [4.69, 9.17) is 11.6 Å². The summed E-state index contributed by atoms with van der Waals surface area (Å²) in [4.78, 5) is 38.4. The van der Waals surface area contributed by atoms with Crippen LogP contribution in [-0.4, -0.2) is 54.9 Å². The number of nitro groups is 1. The Balaban J connectivity index is 2.48. The number of aryl methyl sites for hydroxylation is 1. The summed E-state index contributed by atoms with van der Waals surface area (Å²) in [6.07, 6.45) is 1.60. The van der Waals surface area contributed by atoms with Crippen molar-refractivity contribution in [1.29, 1.82) is 0 Å². The maximum atomic E-state index is 13.6. The second-order valence-corrected chi connectivity index (χ2v) is 11.0. The zero-order chi connectivity index (χ0) is 27.2. The third kappa shape index (κ3) is 7.66. The first-order chi connectivity index (χ1) is 16.7. The molecule has 2 amide bonds. The number of nitrogens with zero attached hydrogens (tertiary/aromatic N) is 3. The van der Waals surface area contributed by atoms with Crippen LogP contribution in [0.4, 0.5) is 11.4 Å². The number of nitro benzene ring substituents is 1. The van der Waals surface area contributed by atoms with E-state index in [1.807, 2.05) is 13.8 Å². The SMILES string of the molecule is CC[C@@H](C)NC(=O)[C@@H](C)N(Cc1cccc(Cl)c1)C(=O)CN(c1cc([N+](=O)[O-])ccc1C)S(C)(=O)=O. The fourth-order valence-corrected chi connectivity index (χ4v) is 4.57. The molecule has 0 unspecified atom stereocenters. The normalized spacial score (nSPS) is 12.9. The molecule has 2 atom stereocenters. The van der Waals surface area contributed by atoms with Gasteiger partial charge in [0.2, 0.25) is 21.8 Å². The van der Waals surface area contributed by atoms with Crippen LogP contribution in [-0.2, 0) is 26.2 Å². The van der Waals surface area contributed by atoms with Gasteiger partial charge in [0.1, 0.15) is 12.6 Å². The molecule has 36 heavy (non-hydrogen) atoms. The predicted molar refractivity (Wildman–Crippen MR) is 139 cm³/mol. The molecular weight excluding hydrogens is 508 g/mol. The van der Waals surface area contributed by atoms with Gasteiger partial charge in [0.15, 0.2) is 0 Å². The molecule has 2 aromatic carbocycles. The predicted octanol–water partition coefficient (Wildman–Crippen LogP) is 3.65. The molecule has 12 heteroatoms.